The van der Waals surface area contributed by atoms with Crippen molar-refractivity contribution in [3.8, 4) is 0 Å². The van der Waals surface area contributed by atoms with Gasteiger partial charge < -0.3 is 10.2 Å². The highest BCUT2D eigenvalue weighted by molar-refractivity contribution is 5.97. The van der Waals surface area contributed by atoms with Crippen LogP contribution < -0.4 is 5.32 Å². The molecule has 2 aromatic carbocycles. The van der Waals surface area contributed by atoms with Crippen LogP contribution in [0.2, 0.25) is 0 Å². The molecular formula is C24H31N3O2. The van der Waals surface area contributed by atoms with E-state index in [9.17, 15) is 9.59 Å². The standard InChI is InChI=1S/C24H31N3O2/c1-26(2)24(29)20-12-9-13-21(16-20)25-23(28)18-27(22-14-7-4-8-15-22)17-19-10-5-3-6-11-19/h3,5-6,9-13,16,22H,4,7-8,14-15,17-18H2,1-2H3,(H,25,28). The first-order chi connectivity index (χ1) is 14.0. The van der Waals surface area contributed by atoms with E-state index in [2.05, 4.69) is 22.3 Å². The Morgan fingerprint density at radius 3 is 2.38 bits per heavy atom. The van der Waals surface area contributed by atoms with E-state index in [1.165, 1.54) is 29.7 Å². The fourth-order valence-electron chi connectivity index (χ4n) is 3.95. The molecule has 1 fully saturated rings. The summed E-state index contributed by atoms with van der Waals surface area (Å²) < 4.78 is 0. The molecule has 154 valence electrons. The molecule has 1 aliphatic rings. The van der Waals surface area contributed by atoms with Gasteiger partial charge in [0.15, 0.2) is 0 Å². The second-order valence-electron chi connectivity index (χ2n) is 8.01. The molecule has 2 amide bonds. The van der Waals surface area contributed by atoms with E-state index in [1.807, 2.05) is 24.3 Å². The molecule has 3 rings (SSSR count). The molecular weight excluding hydrogens is 362 g/mol. The predicted molar refractivity (Wildman–Crippen MR) is 117 cm³/mol. The first-order valence-corrected chi connectivity index (χ1v) is 10.4. The van der Waals surface area contributed by atoms with Crippen LogP contribution in [0.1, 0.15) is 48.0 Å². The third-order valence-corrected chi connectivity index (χ3v) is 5.47. The minimum Gasteiger partial charge on any atom is -0.345 e. The maximum atomic E-state index is 12.8. The predicted octanol–water partition coefficient (Wildman–Crippen LogP) is 4.16. The lowest BCUT2D eigenvalue weighted by Crippen LogP contribution is -2.41. The van der Waals surface area contributed by atoms with Gasteiger partial charge in [-0.15, -0.1) is 0 Å². The molecule has 1 saturated carbocycles. The van der Waals surface area contributed by atoms with Gasteiger partial charge in [0, 0.05) is 37.9 Å². The maximum Gasteiger partial charge on any atom is 0.253 e. The number of carbonyl (C=O) groups excluding carboxylic acids is 2. The SMILES string of the molecule is CN(C)C(=O)c1cccc(NC(=O)CN(Cc2ccccc2)C2CCCCC2)c1. The number of rotatable bonds is 7. The molecule has 0 aliphatic heterocycles. The highest BCUT2D eigenvalue weighted by Gasteiger charge is 2.23. The molecule has 29 heavy (non-hydrogen) atoms. The van der Waals surface area contributed by atoms with Gasteiger partial charge in [-0.2, -0.15) is 0 Å². The van der Waals surface area contributed by atoms with Crippen molar-refractivity contribution in [1.82, 2.24) is 9.80 Å². The molecule has 0 heterocycles. The molecule has 0 saturated heterocycles. The number of benzene rings is 2. The second kappa shape index (κ2) is 10.2. The highest BCUT2D eigenvalue weighted by Crippen LogP contribution is 2.24. The zero-order chi connectivity index (χ0) is 20.6. The molecule has 1 N–H and O–H groups in total. The Kier molecular flexibility index (Phi) is 7.42. The van der Waals surface area contributed by atoms with Crippen molar-refractivity contribution in [2.24, 2.45) is 0 Å². The summed E-state index contributed by atoms with van der Waals surface area (Å²) in [6.45, 7) is 1.13. The summed E-state index contributed by atoms with van der Waals surface area (Å²) in [6.07, 6.45) is 6.03. The van der Waals surface area contributed by atoms with Crippen LogP contribution in [0.15, 0.2) is 54.6 Å². The number of hydrogen-bond donors (Lipinski definition) is 1. The molecule has 0 bridgehead atoms. The van der Waals surface area contributed by atoms with Crippen LogP contribution >= 0.6 is 0 Å². The molecule has 0 radical (unpaired) electrons. The molecule has 5 nitrogen and oxygen atoms in total. The highest BCUT2D eigenvalue weighted by atomic mass is 16.2. The molecule has 2 aromatic rings. The average Bonchev–Trinajstić information content (AvgIpc) is 2.74. The summed E-state index contributed by atoms with van der Waals surface area (Å²) in [5, 5.41) is 2.98. The third-order valence-electron chi connectivity index (χ3n) is 5.47. The Labute approximate surface area is 173 Å². The van der Waals surface area contributed by atoms with E-state index >= 15 is 0 Å². The summed E-state index contributed by atoms with van der Waals surface area (Å²) >= 11 is 0. The van der Waals surface area contributed by atoms with Crippen LogP contribution in [0, 0.1) is 0 Å². The zero-order valence-corrected chi connectivity index (χ0v) is 17.4. The topological polar surface area (TPSA) is 52.7 Å². The van der Waals surface area contributed by atoms with Crippen molar-refractivity contribution in [3.63, 3.8) is 0 Å². The Morgan fingerprint density at radius 1 is 0.966 bits per heavy atom. The van der Waals surface area contributed by atoms with Gasteiger partial charge in [-0.3, -0.25) is 14.5 Å². The first-order valence-electron chi connectivity index (χ1n) is 10.4. The number of nitrogens with zero attached hydrogens (tertiary/aromatic N) is 2. The molecule has 0 unspecified atom stereocenters. The van der Waals surface area contributed by atoms with Crippen LogP contribution in [0.5, 0.6) is 0 Å². The fraction of sp³-hybridized carbons (Fsp3) is 0.417. The van der Waals surface area contributed by atoms with E-state index in [0.717, 1.165) is 19.4 Å². The van der Waals surface area contributed by atoms with Crippen LogP contribution in [-0.4, -0.2) is 48.3 Å². The minimum atomic E-state index is -0.0750. The molecule has 1 aliphatic carbocycles. The number of hydrogen-bond acceptors (Lipinski definition) is 3. The van der Waals surface area contributed by atoms with Crippen molar-refractivity contribution in [3.05, 3.63) is 65.7 Å². The fourth-order valence-corrected chi connectivity index (χ4v) is 3.95. The maximum absolute atomic E-state index is 12.8. The monoisotopic (exact) mass is 393 g/mol. The lowest BCUT2D eigenvalue weighted by molar-refractivity contribution is -0.118. The minimum absolute atomic E-state index is 0.0408. The van der Waals surface area contributed by atoms with E-state index in [-0.39, 0.29) is 11.8 Å². The number of carbonyl (C=O) groups is 2. The van der Waals surface area contributed by atoms with Gasteiger partial charge in [-0.25, -0.2) is 0 Å². The van der Waals surface area contributed by atoms with Gasteiger partial charge in [0.05, 0.1) is 6.54 Å². The molecule has 5 heteroatoms. The Morgan fingerprint density at radius 2 is 1.69 bits per heavy atom. The van der Waals surface area contributed by atoms with Gasteiger partial charge in [-0.1, -0.05) is 55.7 Å². The summed E-state index contributed by atoms with van der Waals surface area (Å²) in [5.41, 5.74) is 2.46. The number of nitrogens with one attached hydrogen (secondary N) is 1. The van der Waals surface area contributed by atoms with E-state index in [1.54, 1.807) is 32.3 Å². The van der Waals surface area contributed by atoms with Crippen molar-refractivity contribution in [1.29, 1.82) is 0 Å². The van der Waals surface area contributed by atoms with Crippen LogP contribution in [0.3, 0.4) is 0 Å². The third kappa shape index (κ3) is 6.16. The Bertz CT molecular complexity index is 814. The van der Waals surface area contributed by atoms with E-state index in [0.29, 0.717) is 23.8 Å². The normalized spacial score (nSPS) is 14.6. The smallest absolute Gasteiger partial charge is 0.253 e. The quantitative estimate of drug-likeness (QED) is 0.768. The van der Waals surface area contributed by atoms with Crippen molar-refractivity contribution in [2.75, 3.05) is 26.0 Å². The first kappa shape index (κ1) is 21.1. The van der Waals surface area contributed by atoms with Crippen molar-refractivity contribution >= 4 is 17.5 Å². The molecule has 0 spiro atoms. The van der Waals surface area contributed by atoms with Crippen LogP contribution in [-0.2, 0) is 11.3 Å². The van der Waals surface area contributed by atoms with Gasteiger partial charge in [0.2, 0.25) is 5.91 Å². The van der Waals surface area contributed by atoms with Crippen LogP contribution in [0.4, 0.5) is 5.69 Å². The summed E-state index contributed by atoms with van der Waals surface area (Å²) in [5.74, 6) is -0.116. The molecule has 0 aromatic heterocycles. The zero-order valence-electron chi connectivity index (χ0n) is 17.4. The summed E-state index contributed by atoms with van der Waals surface area (Å²) in [7, 11) is 3.44. The number of amides is 2. The largest absolute Gasteiger partial charge is 0.345 e. The Hall–Kier alpha value is -2.66. The van der Waals surface area contributed by atoms with Crippen LogP contribution in [0.25, 0.3) is 0 Å². The van der Waals surface area contributed by atoms with Gasteiger partial charge in [-0.05, 0) is 36.6 Å². The average molecular weight is 394 g/mol. The summed E-state index contributed by atoms with van der Waals surface area (Å²) in [4.78, 5) is 28.8. The van der Waals surface area contributed by atoms with Gasteiger partial charge in [0.1, 0.15) is 0 Å². The van der Waals surface area contributed by atoms with Crippen molar-refractivity contribution < 1.29 is 9.59 Å². The lowest BCUT2D eigenvalue weighted by atomic mass is 9.93. The van der Waals surface area contributed by atoms with Gasteiger partial charge in [0.25, 0.3) is 5.91 Å². The van der Waals surface area contributed by atoms with E-state index < -0.39 is 0 Å². The lowest BCUT2D eigenvalue weighted by Gasteiger charge is -2.34. The van der Waals surface area contributed by atoms with Gasteiger partial charge >= 0.3 is 0 Å². The van der Waals surface area contributed by atoms with E-state index in [4.69, 9.17) is 0 Å². The number of anilines is 1. The molecule has 0 atom stereocenters. The van der Waals surface area contributed by atoms with Crippen molar-refractivity contribution in [2.45, 2.75) is 44.7 Å². The Balaban J connectivity index is 1.68. The second-order valence-corrected chi connectivity index (χ2v) is 8.01. The summed E-state index contributed by atoms with van der Waals surface area (Å²) in [6, 6.07) is 17.9.